The summed E-state index contributed by atoms with van der Waals surface area (Å²) in [5, 5.41) is 11.9. The number of fused-ring (bicyclic) bond motifs is 1. The van der Waals surface area contributed by atoms with E-state index in [9.17, 15) is 19.5 Å². The molecule has 1 N–H and O–H groups in total. The Bertz CT molecular complexity index is 1380. The minimum absolute atomic E-state index is 0.0138. The number of allylic oxidation sites excluding steroid dienone is 1. The van der Waals surface area contributed by atoms with Gasteiger partial charge >= 0.3 is 5.97 Å². The highest BCUT2D eigenvalue weighted by Crippen LogP contribution is 2.56. The van der Waals surface area contributed by atoms with E-state index in [-0.39, 0.29) is 46.2 Å². The van der Waals surface area contributed by atoms with Crippen LogP contribution in [0.25, 0.3) is 0 Å². The van der Waals surface area contributed by atoms with Gasteiger partial charge in [-0.1, -0.05) is 24.6 Å². The molecule has 0 bridgehead atoms. The number of rotatable bonds is 8. The molecule has 1 heterocycles. The fourth-order valence-corrected chi connectivity index (χ4v) is 5.53. The van der Waals surface area contributed by atoms with E-state index in [0.717, 1.165) is 0 Å². The lowest BCUT2D eigenvalue weighted by Crippen LogP contribution is -2.53. The summed E-state index contributed by atoms with van der Waals surface area (Å²) in [6, 6.07) is 6.30. The van der Waals surface area contributed by atoms with Crippen LogP contribution >= 0.6 is 11.6 Å². The number of benzene rings is 2. The number of carbonyl (C=O) groups is 3. The molecule has 0 aromatic heterocycles. The van der Waals surface area contributed by atoms with E-state index >= 15 is 0 Å². The SMILES string of the molecule is COC(=O)CC(C1=C(O)[C@@]2(Oc3c(Cl)c(OC)cc(OC)c3C2=O)[C@H](C)CC1=O)c1ccc(OC)cc1OC. The summed E-state index contributed by atoms with van der Waals surface area (Å²) in [6.07, 6.45) is -0.486. The largest absolute Gasteiger partial charge is 0.507 e. The number of ether oxygens (including phenoxy) is 6. The van der Waals surface area contributed by atoms with E-state index in [1.54, 1.807) is 25.1 Å². The molecule has 3 atom stereocenters. The summed E-state index contributed by atoms with van der Waals surface area (Å²) >= 11 is 6.51. The smallest absolute Gasteiger partial charge is 0.306 e. The molecule has 10 nitrogen and oxygen atoms in total. The van der Waals surface area contributed by atoms with Crippen molar-refractivity contribution in [2.24, 2.45) is 5.92 Å². The molecule has 1 aliphatic carbocycles. The summed E-state index contributed by atoms with van der Waals surface area (Å²) in [5.74, 6) is -3.09. The number of ketones is 2. The van der Waals surface area contributed by atoms with Crippen molar-refractivity contribution in [2.45, 2.75) is 31.3 Å². The van der Waals surface area contributed by atoms with Crippen molar-refractivity contribution in [3.63, 3.8) is 0 Å². The molecule has 0 saturated carbocycles. The Hall–Kier alpha value is -3.92. The molecule has 208 valence electrons. The Morgan fingerprint density at radius 1 is 1.05 bits per heavy atom. The Balaban J connectivity index is 1.98. The molecule has 0 fully saturated rings. The van der Waals surface area contributed by atoms with Gasteiger partial charge in [-0.2, -0.15) is 0 Å². The summed E-state index contributed by atoms with van der Waals surface area (Å²) in [7, 11) is 6.90. The minimum atomic E-state index is -2.00. The quantitative estimate of drug-likeness (QED) is 0.462. The lowest BCUT2D eigenvalue weighted by molar-refractivity contribution is -0.140. The first-order valence-corrected chi connectivity index (χ1v) is 12.4. The number of hydrogen-bond donors (Lipinski definition) is 1. The lowest BCUT2D eigenvalue weighted by atomic mass is 9.69. The Labute approximate surface area is 230 Å². The maximum absolute atomic E-state index is 14.1. The second-order valence-corrected chi connectivity index (χ2v) is 9.58. The predicted molar refractivity (Wildman–Crippen MR) is 140 cm³/mol. The predicted octanol–water partition coefficient (Wildman–Crippen LogP) is 4.46. The summed E-state index contributed by atoms with van der Waals surface area (Å²) in [5.41, 5.74) is -1.74. The molecule has 2 aromatic carbocycles. The van der Waals surface area contributed by atoms with Gasteiger partial charge < -0.3 is 33.5 Å². The van der Waals surface area contributed by atoms with E-state index < -0.39 is 40.7 Å². The Morgan fingerprint density at radius 2 is 1.72 bits per heavy atom. The minimum Gasteiger partial charge on any atom is -0.507 e. The van der Waals surface area contributed by atoms with Crippen molar-refractivity contribution in [3.8, 4) is 28.7 Å². The van der Waals surface area contributed by atoms with Gasteiger partial charge in [0.15, 0.2) is 17.3 Å². The fourth-order valence-electron chi connectivity index (χ4n) is 5.26. The van der Waals surface area contributed by atoms with Gasteiger partial charge in [-0.25, -0.2) is 0 Å². The molecule has 0 radical (unpaired) electrons. The lowest BCUT2D eigenvalue weighted by Gasteiger charge is -2.38. The zero-order valence-electron chi connectivity index (χ0n) is 22.4. The molecular formula is C28H29ClO10. The normalized spacial score (nSPS) is 20.8. The van der Waals surface area contributed by atoms with E-state index in [4.69, 9.17) is 40.0 Å². The second-order valence-electron chi connectivity index (χ2n) is 9.20. The first-order chi connectivity index (χ1) is 18.6. The Morgan fingerprint density at radius 3 is 2.31 bits per heavy atom. The van der Waals surface area contributed by atoms with Crippen molar-refractivity contribution >= 4 is 29.1 Å². The van der Waals surface area contributed by atoms with Crippen LogP contribution in [-0.2, 0) is 14.3 Å². The summed E-state index contributed by atoms with van der Waals surface area (Å²) in [4.78, 5) is 40.2. The standard InChI is InChI=1S/C28H29ClO10/c1-13-9-17(30)22(16(11-21(31)38-6)15-8-7-14(34-2)10-18(15)35-3)26(32)28(13)27(33)23-19(36-4)12-20(37-5)24(29)25(23)39-28/h7-8,10,12-13,16,32H,9,11H2,1-6H3/t13-,16?,28+/m1/s1. The third-order valence-electron chi connectivity index (χ3n) is 7.27. The topological polar surface area (TPSA) is 127 Å². The first kappa shape index (κ1) is 28.1. The van der Waals surface area contributed by atoms with E-state index in [1.807, 2.05) is 0 Å². The maximum Gasteiger partial charge on any atom is 0.306 e. The van der Waals surface area contributed by atoms with E-state index in [1.165, 1.54) is 41.6 Å². The summed E-state index contributed by atoms with van der Waals surface area (Å²) in [6.45, 7) is 1.62. The van der Waals surface area contributed by atoms with Crippen LogP contribution in [0.5, 0.6) is 28.7 Å². The molecule has 1 unspecified atom stereocenters. The number of halogens is 1. The van der Waals surface area contributed by atoms with Crippen molar-refractivity contribution in [1.82, 2.24) is 0 Å². The van der Waals surface area contributed by atoms with Crippen LogP contribution in [0.4, 0.5) is 0 Å². The van der Waals surface area contributed by atoms with Gasteiger partial charge in [0.05, 0.1) is 42.0 Å². The molecule has 0 saturated heterocycles. The number of methoxy groups -OCH3 is 5. The maximum atomic E-state index is 14.1. The molecular weight excluding hydrogens is 532 g/mol. The molecule has 1 spiro atoms. The molecule has 39 heavy (non-hydrogen) atoms. The second kappa shape index (κ2) is 10.7. The van der Waals surface area contributed by atoms with Gasteiger partial charge in [0.2, 0.25) is 11.4 Å². The molecule has 11 heteroatoms. The molecule has 2 aromatic rings. The van der Waals surface area contributed by atoms with Crippen LogP contribution in [-0.4, -0.2) is 63.8 Å². The zero-order chi connectivity index (χ0) is 28.6. The van der Waals surface area contributed by atoms with Crippen molar-refractivity contribution < 1.29 is 47.9 Å². The van der Waals surface area contributed by atoms with Crippen molar-refractivity contribution in [2.75, 3.05) is 35.5 Å². The monoisotopic (exact) mass is 560 g/mol. The van der Waals surface area contributed by atoms with Gasteiger partial charge in [0, 0.05) is 41.5 Å². The number of hydrogen-bond acceptors (Lipinski definition) is 10. The summed E-state index contributed by atoms with van der Waals surface area (Å²) < 4.78 is 32.6. The van der Waals surface area contributed by atoms with Crippen molar-refractivity contribution in [1.29, 1.82) is 0 Å². The highest BCUT2D eigenvalue weighted by molar-refractivity contribution is 6.35. The molecule has 1 aliphatic heterocycles. The van der Waals surface area contributed by atoms with Crippen LogP contribution in [0, 0.1) is 5.92 Å². The van der Waals surface area contributed by atoms with Crippen LogP contribution in [0.1, 0.15) is 41.6 Å². The first-order valence-electron chi connectivity index (χ1n) is 12.0. The zero-order valence-corrected chi connectivity index (χ0v) is 23.1. The number of esters is 1. The van der Waals surface area contributed by atoms with Crippen LogP contribution in [0.3, 0.4) is 0 Å². The van der Waals surface area contributed by atoms with Crippen LogP contribution < -0.4 is 23.7 Å². The van der Waals surface area contributed by atoms with E-state index in [2.05, 4.69) is 0 Å². The van der Waals surface area contributed by atoms with Gasteiger partial charge in [-0.05, 0) is 6.07 Å². The molecule has 4 rings (SSSR count). The number of aliphatic hydroxyl groups is 1. The van der Waals surface area contributed by atoms with Gasteiger partial charge in [-0.3, -0.25) is 14.4 Å². The van der Waals surface area contributed by atoms with Gasteiger partial charge in [-0.15, -0.1) is 0 Å². The average molecular weight is 561 g/mol. The highest BCUT2D eigenvalue weighted by Gasteiger charge is 2.61. The van der Waals surface area contributed by atoms with Gasteiger partial charge in [0.1, 0.15) is 33.6 Å². The van der Waals surface area contributed by atoms with Gasteiger partial charge in [0.25, 0.3) is 0 Å². The molecule has 0 amide bonds. The van der Waals surface area contributed by atoms with E-state index in [0.29, 0.717) is 17.1 Å². The molecule has 2 aliphatic rings. The third kappa shape index (κ3) is 4.32. The number of Topliss-reactive ketones (excluding diaryl/α,β-unsaturated/α-hetero) is 2. The number of carbonyl (C=O) groups excluding carboxylic acids is 3. The average Bonchev–Trinajstić information content (AvgIpc) is 3.25. The highest BCUT2D eigenvalue weighted by atomic mass is 35.5. The fraction of sp³-hybridized carbons (Fsp3) is 0.393. The van der Waals surface area contributed by atoms with Crippen molar-refractivity contribution in [3.05, 3.63) is 51.7 Å². The third-order valence-corrected chi connectivity index (χ3v) is 7.63. The Kier molecular flexibility index (Phi) is 7.70. The van der Waals surface area contributed by atoms with Crippen LogP contribution in [0.15, 0.2) is 35.6 Å². The van der Waals surface area contributed by atoms with Crippen LogP contribution in [0.2, 0.25) is 5.02 Å². The number of aliphatic hydroxyl groups excluding tert-OH is 1.